The third kappa shape index (κ3) is 3.90. The fraction of sp³-hybridized carbons (Fsp3) is 0.529. The molecule has 0 aliphatic carbocycles. The Morgan fingerprint density at radius 1 is 1.33 bits per heavy atom. The lowest BCUT2D eigenvalue weighted by molar-refractivity contribution is 0.0713. The Hall–Kier alpha value is -2.02. The minimum Gasteiger partial charge on any atom is -0.366 e. The van der Waals surface area contributed by atoms with E-state index in [1.807, 2.05) is 22.4 Å². The van der Waals surface area contributed by atoms with Crippen molar-refractivity contribution in [2.24, 2.45) is 0 Å². The maximum Gasteiger partial charge on any atom is 0.273 e. The Labute approximate surface area is 146 Å². The van der Waals surface area contributed by atoms with E-state index in [0.29, 0.717) is 11.7 Å². The lowest BCUT2D eigenvalue weighted by atomic mass is 9.98. The van der Waals surface area contributed by atoms with Crippen LogP contribution in [0.1, 0.15) is 49.1 Å². The van der Waals surface area contributed by atoms with Crippen molar-refractivity contribution >= 4 is 23.1 Å². The second kappa shape index (κ2) is 6.84. The maximum atomic E-state index is 12.6. The zero-order valence-electron chi connectivity index (χ0n) is 14.3. The van der Waals surface area contributed by atoms with Crippen LogP contribution in [-0.2, 0) is 5.41 Å². The van der Waals surface area contributed by atoms with Crippen molar-refractivity contribution in [3.05, 3.63) is 34.4 Å². The highest BCUT2D eigenvalue weighted by Crippen LogP contribution is 2.26. The molecule has 0 radical (unpaired) electrons. The number of anilines is 1. The summed E-state index contributed by atoms with van der Waals surface area (Å²) < 4.78 is 0. The SMILES string of the molecule is CC(C)(C)c1nc(C(=O)N2CCC(Nc3cccnn3)CC2)cs1. The quantitative estimate of drug-likeness (QED) is 0.926. The molecule has 2 aromatic heterocycles. The number of amides is 1. The van der Waals surface area contributed by atoms with Crippen LogP contribution in [0.3, 0.4) is 0 Å². The number of aromatic nitrogens is 3. The van der Waals surface area contributed by atoms with Crippen molar-refractivity contribution in [2.45, 2.75) is 45.1 Å². The van der Waals surface area contributed by atoms with Gasteiger partial charge in [0.05, 0.1) is 5.01 Å². The molecule has 0 bridgehead atoms. The number of thiazole rings is 1. The van der Waals surface area contributed by atoms with E-state index in [0.717, 1.165) is 36.8 Å². The third-order valence-corrected chi connectivity index (χ3v) is 5.34. The zero-order chi connectivity index (χ0) is 17.2. The number of hydrogen-bond acceptors (Lipinski definition) is 6. The zero-order valence-corrected chi connectivity index (χ0v) is 15.1. The van der Waals surface area contributed by atoms with Gasteiger partial charge in [0.25, 0.3) is 5.91 Å². The number of piperidine rings is 1. The van der Waals surface area contributed by atoms with Crippen molar-refractivity contribution in [1.29, 1.82) is 0 Å². The van der Waals surface area contributed by atoms with Crippen molar-refractivity contribution in [2.75, 3.05) is 18.4 Å². The standard InChI is InChI=1S/C17H23N5OS/c1-17(2,3)16-20-13(11-24-16)15(23)22-9-6-12(7-10-22)19-14-5-4-8-18-21-14/h4-5,8,11-12H,6-7,9-10H2,1-3H3,(H,19,21). The number of rotatable bonds is 3. The predicted octanol–water partition coefficient (Wildman–Crippen LogP) is 2.95. The van der Waals surface area contributed by atoms with Crippen LogP contribution in [0.25, 0.3) is 0 Å². The van der Waals surface area contributed by atoms with E-state index < -0.39 is 0 Å². The van der Waals surface area contributed by atoms with E-state index >= 15 is 0 Å². The first-order valence-corrected chi connectivity index (χ1v) is 9.11. The van der Waals surface area contributed by atoms with Gasteiger partial charge in [0.15, 0.2) is 0 Å². The summed E-state index contributed by atoms with van der Waals surface area (Å²) in [6, 6.07) is 4.10. The molecule has 0 atom stereocenters. The molecule has 0 unspecified atom stereocenters. The van der Waals surface area contributed by atoms with Gasteiger partial charge in [-0.2, -0.15) is 5.10 Å². The molecule has 0 aromatic carbocycles. The van der Waals surface area contributed by atoms with Crippen LogP contribution in [0.4, 0.5) is 5.82 Å². The molecular weight excluding hydrogens is 322 g/mol. The Bertz CT molecular complexity index is 687. The van der Waals surface area contributed by atoms with Gasteiger partial charge in [-0.15, -0.1) is 16.4 Å². The first kappa shape index (κ1) is 16.8. The second-order valence-electron chi connectivity index (χ2n) is 7.11. The maximum absolute atomic E-state index is 12.6. The normalized spacial score (nSPS) is 16.2. The summed E-state index contributed by atoms with van der Waals surface area (Å²) in [4.78, 5) is 19.1. The molecule has 1 saturated heterocycles. The van der Waals surface area contributed by atoms with Crippen LogP contribution in [0.2, 0.25) is 0 Å². The molecule has 3 rings (SSSR count). The van der Waals surface area contributed by atoms with Gasteiger partial charge in [0.1, 0.15) is 11.5 Å². The van der Waals surface area contributed by atoms with Gasteiger partial charge < -0.3 is 10.2 Å². The molecule has 6 nitrogen and oxygen atoms in total. The predicted molar refractivity (Wildman–Crippen MR) is 95.4 cm³/mol. The van der Waals surface area contributed by atoms with Crippen LogP contribution in [-0.4, -0.2) is 45.1 Å². The van der Waals surface area contributed by atoms with Crippen molar-refractivity contribution < 1.29 is 4.79 Å². The minimum absolute atomic E-state index is 0.0170. The van der Waals surface area contributed by atoms with E-state index in [4.69, 9.17) is 0 Å². The van der Waals surface area contributed by atoms with Crippen molar-refractivity contribution in [3.8, 4) is 0 Å². The first-order chi connectivity index (χ1) is 11.4. The van der Waals surface area contributed by atoms with Crippen LogP contribution in [0, 0.1) is 0 Å². The third-order valence-electron chi connectivity index (χ3n) is 4.07. The molecule has 0 saturated carbocycles. The molecule has 1 aliphatic rings. The van der Waals surface area contributed by atoms with Crippen LogP contribution >= 0.6 is 11.3 Å². The topological polar surface area (TPSA) is 71.0 Å². The molecule has 1 aliphatic heterocycles. The average Bonchev–Trinajstić information content (AvgIpc) is 3.06. The van der Waals surface area contributed by atoms with Crippen LogP contribution in [0.5, 0.6) is 0 Å². The number of carbonyl (C=O) groups is 1. The Morgan fingerprint density at radius 3 is 2.67 bits per heavy atom. The molecule has 1 N–H and O–H groups in total. The van der Waals surface area contributed by atoms with E-state index in [-0.39, 0.29) is 11.3 Å². The highest BCUT2D eigenvalue weighted by atomic mass is 32.1. The molecule has 24 heavy (non-hydrogen) atoms. The Morgan fingerprint density at radius 2 is 2.08 bits per heavy atom. The molecular formula is C17H23N5OS. The van der Waals surface area contributed by atoms with Gasteiger partial charge in [-0.05, 0) is 25.0 Å². The highest BCUT2D eigenvalue weighted by Gasteiger charge is 2.27. The fourth-order valence-corrected chi connectivity index (χ4v) is 3.57. The highest BCUT2D eigenvalue weighted by molar-refractivity contribution is 7.10. The lowest BCUT2D eigenvalue weighted by Crippen LogP contribution is -2.42. The summed E-state index contributed by atoms with van der Waals surface area (Å²) in [7, 11) is 0. The summed E-state index contributed by atoms with van der Waals surface area (Å²) in [5.41, 5.74) is 0.557. The van der Waals surface area contributed by atoms with Gasteiger partial charge in [-0.25, -0.2) is 4.98 Å². The number of hydrogen-bond donors (Lipinski definition) is 1. The summed E-state index contributed by atoms with van der Waals surface area (Å²) in [5.74, 6) is 0.830. The average molecular weight is 345 g/mol. The summed E-state index contributed by atoms with van der Waals surface area (Å²) in [6.07, 6.45) is 3.46. The van der Waals surface area contributed by atoms with E-state index in [2.05, 4.69) is 41.3 Å². The summed E-state index contributed by atoms with van der Waals surface area (Å²) in [6.45, 7) is 7.81. The summed E-state index contributed by atoms with van der Waals surface area (Å²) >= 11 is 1.56. The number of carbonyl (C=O) groups excluding carboxylic acids is 1. The molecule has 1 fully saturated rings. The van der Waals surface area contributed by atoms with Gasteiger partial charge in [0.2, 0.25) is 0 Å². The van der Waals surface area contributed by atoms with Gasteiger partial charge in [-0.1, -0.05) is 20.8 Å². The van der Waals surface area contributed by atoms with Crippen molar-refractivity contribution in [3.63, 3.8) is 0 Å². The van der Waals surface area contributed by atoms with Crippen molar-refractivity contribution in [1.82, 2.24) is 20.1 Å². The number of nitrogens with zero attached hydrogens (tertiary/aromatic N) is 4. The largest absolute Gasteiger partial charge is 0.366 e. The van der Waals surface area contributed by atoms with Gasteiger partial charge >= 0.3 is 0 Å². The monoisotopic (exact) mass is 345 g/mol. The Kier molecular flexibility index (Phi) is 4.80. The minimum atomic E-state index is -0.0170. The van der Waals surface area contributed by atoms with E-state index in [9.17, 15) is 4.79 Å². The van der Waals surface area contributed by atoms with E-state index in [1.54, 1.807) is 17.5 Å². The van der Waals surface area contributed by atoms with Crippen LogP contribution in [0.15, 0.2) is 23.7 Å². The van der Waals surface area contributed by atoms with Gasteiger partial charge in [-0.3, -0.25) is 4.79 Å². The number of likely N-dealkylation sites (tertiary alicyclic amines) is 1. The molecule has 7 heteroatoms. The Balaban J connectivity index is 1.56. The number of nitrogens with one attached hydrogen (secondary N) is 1. The molecule has 128 valence electrons. The molecule has 0 spiro atoms. The van der Waals surface area contributed by atoms with Gasteiger partial charge in [0, 0.05) is 36.1 Å². The molecule has 3 heterocycles. The smallest absolute Gasteiger partial charge is 0.273 e. The first-order valence-electron chi connectivity index (χ1n) is 8.23. The molecule has 1 amide bonds. The van der Waals surface area contributed by atoms with Crippen LogP contribution < -0.4 is 5.32 Å². The second-order valence-corrected chi connectivity index (χ2v) is 7.97. The summed E-state index contributed by atoms with van der Waals surface area (Å²) in [5, 5.41) is 14.2. The van der Waals surface area contributed by atoms with E-state index in [1.165, 1.54) is 0 Å². The lowest BCUT2D eigenvalue weighted by Gasteiger charge is -2.32. The fourth-order valence-electron chi connectivity index (χ4n) is 2.69. The molecule has 2 aromatic rings.